The molecule has 1 N–H and O–H groups in total. The first-order chi connectivity index (χ1) is 14.9. The number of likely N-dealkylation sites (N-methyl/N-ethyl adjacent to an activating group) is 1. The summed E-state index contributed by atoms with van der Waals surface area (Å²) >= 11 is 3.53. The molecule has 1 fully saturated rings. The van der Waals surface area contributed by atoms with E-state index in [0.29, 0.717) is 36.0 Å². The third-order valence-electron chi connectivity index (χ3n) is 5.68. The monoisotopic (exact) mass is 487 g/mol. The minimum Gasteiger partial charge on any atom is -0.483 e. The van der Waals surface area contributed by atoms with Crippen LogP contribution < -0.4 is 10.1 Å². The topological polar surface area (TPSA) is 61.9 Å². The first-order valence-corrected chi connectivity index (χ1v) is 11.5. The molecule has 1 unspecified atom stereocenters. The maximum atomic E-state index is 12.8. The molecule has 7 heteroatoms. The van der Waals surface area contributed by atoms with Crippen LogP contribution in [0.15, 0.2) is 46.9 Å². The molecule has 1 aliphatic rings. The molecule has 0 radical (unpaired) electrons. The molecule has 2 amide bonds. The van der Waals surface area contributed by atoms with E-state index in [1.807, 2.05) is 23.1 Å². The molecule has 1 heterocycles. The van der Waals surface area contributed by atoms with Crippen molar-refractivity contribution in [3.63, 3.8) is 0 Å². The number of nitrogens with zero attached hydrogens (tertiary/aromatic N) is 2. The lowest BCUT2D eigenvalue weighted by Crippen LogP contribution is -2.47. The number of ether oxygens (including phenoxy) is 1. The molecular weight excluding hydrogens is 458 g/mol. The molecule has 1 atom stereocenters. The van der Waals surface area contributed by atoms with Crippen LogP contribution in [0.3, 0.4) is 0 Å². The maximum Gasteiger partial charge on any atom is 0.262 e. The fourth-order valence-electron chi connectivity index (χ4n) is 3.44. The summed E-state index contributed by atoms with van der Waals surface area (Å²) in [5, 5.41) is 2.82. The van der Waals surface area contributed by atoms with Gasteiger partial charge in [0.15, 0.2) is 6.61 Å². The molecule has 1 aliphatic heterocycles. The zero-order chi connectivity index (χ0) is 22.4. The van der Waals surface area contributed by atoms with Gasteiger partial charge in [-0.1, -0.05) is 26.0 Å². The Morgan fingerprint density at radius 1 is 1.13 bits per heavy atom. The second kappa shape index (κ2) is 10.8. The highest BCUT2D eigenvalue weighted by atomic mass is 79.9. The summed E-state index contributed by atoms with van der Waals surface area (Å²) in [6.45, 7) is 7.38. The summed E-state index contributed by atoms with van der Waals surface area (Å²) in [6.07, 6.45) is 1.06. The Bertz CT molecular complexity index is 926. The third kappa shape index (κ3) is 6.31. The molecule has 6 nitrogen and oxygen atoms in total. The smallest absolute Gasteiger partial charge is 0.262 e. The SMILES string of the molecule is CCC(C)c1ccc(OCC(=O)Nc2cccc(C(=O)N3CCN(C)CC3)c2)c(Br)c1. The van der Waals surface area contributed by atoms with E-state index in [4.69, 9.17) is 4.74 Å². The first-order valence-electron chi connectivity index (χ1n) is 10.7. The third-order valence-corrected chi connectivity index (χ3v) is 6.30. The van der Waals surface area contributed by atoms with Crippen LogP contribution in [0.2, 0.25) is 0 Å². The quantitative estimate of drug-likeness (QED) is 0.629. The van der Waals surface area contributed by atoms with Gasteiger partial charge in [0.25, 0.3) is 11.8 Å². The van der Waals surface area contributed by atoms with Crippen molar-refractivity contribution in [2.45, 2.75) is 26.2 Å². The highest BCUT2D eigenvalue weighted by molar-refractivity contribution is 9.10. The van der Waals surface area contributed by atoms with Gasteiger partial charge in [-0.2, -0.15) is 0 Å². The van der Waals surface area contributed by atoms with E-state index in [2.05, 4.69) is 47.0 Å². The van der Waals surface area contributed by atoms with E-state index in [1.54, 1.807) is 24.3 Å². The summed E-state index contributed by atoms with van der Waals surface area (Å²) in [4.78, 5) is 29.2. The Kier molecular flexibility index (Phi) is 8.09. The molecule has 3 rings (SSSR count). The van der Waals surface area contributed by atoms with Gasteiger partial charge in [0.2, 0.25) is 0 Å². The summed E-state index contributed by atoms with van der Waals surface area (Å²) in [7, 11) is 2.05. The summed E-state index contributed by atoms with van der Waals surface area (Å²) < 4.78 is 6.51. The van der Waals surface area contributed by atoms with Crippen molar-refractivity contribution >= 4 is 33.4 Å². The standard InChI is InChI=1S/C24H30BrN3O3/c1-4-17(2)18-8-9-22(21(25)15-18)31-16-23(29)26-20-7-5-6-19(14-20)24(30)28-12-10-27(3)11-13-28/h5-9,14-15,17H,4,10-13,16H2,1-3H3,(H,26,29). The Morgan fingerprint density at radius 2 is 1.87 bits per heavy atom. The fraction of sp³-hybridized carbons (Fsp3) is 0.417. The van der Waals surface area contributed by atoms with Crippen molar-refractivity contribution in [2.24, 2.45) is 0 Å². The Hall–Kier alpha value is -2.38. The minimum absolute atomic E-state index is 0.00854. The molecule has 0 aromatic heterocycles. The van der Waals surface area contributed by atoms with Gasteiger partial charge in [-0.15, -0.1) is 0 Å². The number of piperazine rings is 1. The lowest BCUT2D eigenvalue weighted by atomic mass is 9.99. The van der Waals surface area contributed by atoms with Crippen LogP contribution >= 0.6 is 15.9 Å². The van der Waals surface area contributed by atoms with Crippen LogP contribution in [0.25, 0.3) is 0 Å². The van der Waals surface area contributed by atoms with Gasteiger partial charge in [0.05, 0.1) is 4.47 Å². The predicted molar refractivity (Wildman–Crippen MR) is 127 cm³/mol. The van der Waals surface area contributed by atoms with Crippen molar-refractivity contribution in [2.75, 3.05) is 45.2 Å². The van der Waals surface area contributed by atoms with Crippen LogP contribution in [0.5, 0.6) is 5.75 Å². The molecule has 31 heavy (non-hydrogen) atoms. The number of carbonyl (C=O) groups is 2. The lowest BCUT2D eigenvalue weighted by Gasteiger charge is -2.32. The van der Waals surface area contributed by atoms with Crippen LogP contribution in [0.1, 0.15) is 42.1 Å². The van der Waals surface area contributed by atoms with E-state index in [9.17, 15) is 9.59 Å². The maximum absolute atomic E-state index is 12.8. The van der Waals surface area contributed by atoms with Crippen molar-refractivity contribution in [3.05, 3.63) is 58.1 Å². The number of rotatable bonds is 7. The summed E-state index contributed by atoms with van der Waals surface area (Å²) in [5.74, 6) is 0.809. The fourth-order valence-corrected chi connectivity index (χ4v) is 3.95. The predicted octanol–water partition coefficient (Wildman–Crippen LogP) is 4.37. The molecule has 0 bridgehead atoms. The van der Waals surface area contributed by atoms with Crippen molar-refractivity contribution in [3.8, 4) is 5.75 Å². The molecule has 1 saturated heterocycles. The summed E-state index contributed by atoms with van der Waals surface area (Å²) in [6, 6.07) is 13.0. The largest absolute Gasteiger partial charge is 0.483 e. The second-order valence-electron chi connectivity index (χ2n) is 8.01. The highest BCUT2D eigenvalue weighted by Crippen LogP contribution is 2.30. The molecule has 0 spiro atoms. The Morgan fingerprint density at radius 3 is 2.55 bits per heavy atom. The van der Waals surface area contributed by atoms with E-state index < -0.39 is 0 Å². The van der Waals surface area contributed by atoms with Crippen molar-refractivity contribution in [1.82, 2.24) is 9.80 Å². The molecule has 2 aromatic rings. The number of nitrogens with one attached hydrogen (secondary N) is 1. The van der Waals surface area contributed by atoms with E-state index in [-0.39, 0.29) is 18.4 Å². The molecular formula is C24H30BrN3O3. The van der Waals surface area contributed by atoms with Gasteiger partial charge in [0.1, 0.15) is 5.75 Å². The number of halogens is 1. The molecule has 2 aromatic carbocycles. The molecule has 0 aliphatic carbocycles. The Labute approximate surface area is 192 Å². The zero-order valence-electron chi connectivity index (χ0n) is 18.4. The first kappa shape index (κ1) is 23.3. The number of benzene rings is 2. The van der Waals surface area contributed by atoms with Crippen LogP contribution in [0, 0.1) is 0 Å². The summed E-state index contributed by atoms with van der Waals surface area (Å²) in [5.41, 5.74) is 2.39. The number of carbonyl (C=O) groups excluding carboxylic acids is 2. The van der Waals surface area contributed by atoms with Crippen molar-refractivity contribution in [1.29, 1.82) is 0 Å². The zero-order valence-corrected chi connectivity index (χ0v) is 19.9. The number of amides is 2. The number of hydrogen-bond acceptors (Lipinski definition) is 4. The minimum atomic E-state index is -0.276. The lowest BCUT2D eigenvalue weighted by molar-refractivity contribution is -0.118. The van der Waals surface area contributed by atoms with Crippen LogP contribution in [-0.4, -0.2) is 61.4 Å². The molecule has 0 saturated carbocycles. The average Bonchev–Trinajstić information content (AvgIpc) is 2.78. The van der Waals surface area contributed by atoms with Gasteiger partial charge >= 0.3 is 0 Å². The van der Waals surface area contributed by atoms with Crippen LogP contribution in [-0.2, 0) is 4.79 Å². The van der Waals surface area contributed by atoms with Gasteiger partial charge in [-0.05, 0) is 71.2 Å². The van der Waals surface area contributed by atoms with Crippen molar-refractivity contribution < 1.29 is 14.3 Å². The van der Waals surface area contributed by atoms with E-state index >= 15 is 0 Å². The van der Waals surface area contributed by atoms with E-state index in [0.717, 1.165) is 24.0 Å². The molecule has 166 valence electrons. The number of hydrogen-bond donors (Lipinski definition) is 1. The van der Waals surface area contributed by atoms with Gasteiger partial charge in [0, 0.05) is 37.4 Å². The Balaban J connectivity index is 1.56. The van der Waals surface area contributed by atoms with Gasteiger partial charge in [-0.25, -0.2) is 0 Å². The van der Waals surface area contributed by atoms with E-state index in [1.165, 1.54) is 5.56 Å². The second-order valence-corrected chi connectivity index (χ2v) is 8.87. The average molecular weight is 488 g/mol. The normalized spacial score (nSPS) is 15.4. The van der Waals surface area contributed by atoms with Crippen LogP contribution in [0.4, 0.5) is 5.69 Å². The van der Waals surface area contributed by atoms with Gasteiger partial charge < -0.3 is 19.9 Å². The number of anilines is 1. The van der Waals surface area contributed by atoms with Gasteiger partial charge in [-0.3, -0.25) is 9.59 Å². The highest BCUT2D eigenvalue weighted by Gasteiger charge is 2.20.